The normalized spacial score (nSPS) is 15.4. The fourth-order valence-electron chi connectivity index (χ4n) is 3.55. The third-order valence-electron chi connectivity index (χ3n) is 4.99. The Bertz CT molecular complexity index is 975. The predicted molar refractivity (Wildman–Crippen MR) is 108 cm³/mol. The molecule has 29 heavy (non-hydrogen) atoms. The fourth-order valence-corrected chi connectivity index (χ4v) is 4.98. The van der Waals surface area contributed by atoms with Gasteiger partial charge in [-0.05, 0) is 56.2 Å². The highest BCUT2D eigenvalue weighted by atomic mass is 32.2. The van der Waals surface area contributed by atoms with E-state index in [1.807, 2.05) is 32.9 Å². The van der Waals surface area contributed by atoms with Crippen LogP contribution >= 0.6 is 0 Å². The molecular formula is C21H25FN2O4S. The Morgan fingerprint density at radius 1 is 1.00 bits per heavy atom. The van der Waals surface area contributed by atoms with Crippen molar-refractivity contribution in [3.63, 3.8) is 0 Å². The number of benzene rings is 2. The fraction of sp³-hybridized carbons (Fsp3) is 0.381. The Morgan fingerprint density at radius 3 is 2.10 bits per heavy atom. The Kier molecular flexibility index (Phi) is 6.24. The van der Waals surface area contributed by atoms with Crippen LogP contribution in [-0.2, 0) is 14.8 Å². The van der Waals surface area contributed by atoms with E-state index in [1.165, 1.54) is 16.4 Å². The van der Waals surface area contributed by atoms with Gasteiger partial charge in [-0.15, -0.1) is 0 Å². The zero-order chi connectivity index (χ0) is 21.2. The topological polar surface area (TPSA) is 66.9 Å². The molecule has 3 rings (SSSR count). The zero-order valence-corrected chi connectivity index (χ0v) is 17.6. The van der Waals surface area contributed by atoms with Crippen LogP contribution in [0.5, 0.6) is 5.75 Å². The summed E-state index contributed by atoms with van der Waals surface area (Å²) < 4.78 is 45.5. The van der Waals surface area contributed by atoms with Crippen molar-refractivity contribution in [3.05, 3.63) is 58.9 Å². The van der Waals surface area contributed by atoms with Crippen LogP contribution in [0.1, 0.15) is 16.7 Å². The van der Waals surface area contributed by atoms with E-state index in [2.05, 4.69) is 0 Å². The van der Waals surface area contributed by atoms with Gasteiger partial charge in [-0.25, -0.2) is 12.8 Å². The van der Waals surface area contributed by atoms with E-state index in [9.17, 15) is 17.6 Å². The number of carbonyl (C=O) groups is 1. The van der Waals surface area contributed by atoms with Gasteiger partial charge in [0.05, 0.1) is 4.90 Å². The molecule has 1 saturated heterocycles. The minimum Gasteiger partial charge on any atom is -0.483 e. The van der Waals surface area contributed by atoms with Gasteiger partial charge >= 0.3 is 0 Å². The van der Waals surface area contributed by atoms with Gasteiger partial charge in [0.15, 0.2) is 6.61 Å². The lowest BCUT2D eigenvalue weighted by molar-refractivity contribution is -0.134. The lowest BCUT2D eigenvalue weighted by Crippen LogP contribution is -2.51. The first-order chi connectivity index (χ1) is 13.7. The highest BCUT2D eigenvalue weighted by Crippen LogP contribution is 2.24. The SMILES string of the molecule is Cc1cc(C)c(OCC(=O)N2CCN(S(=O)(=O)c3ccc(F)cc3)CC2)c(C)c1. The summed E-state index contributed by atoms with van der Waals surface area (Å²) >= 11 is 0. The Hall–Kier alpha value is -2.45. The molecule has 2 aromatic rings. The number of hydrogen-bond donors (Lipinski definition) is 0. The predicted octanol–water partition coefficient (Wildman–Crippen LogP) is 2.66. The Labute approximate surface area is 170 Å². The monoisotopic (exact) mass is 420 g/mol. The van der Waals surface area contributed by atoms with E-state index in [1.54, 1.807) is 4.90 Å². The quantitative estimate of drug-likeness (QED) is 0.746. The van der Waals surface area contributed by atoms with Crippen molar-refractivity contribution in [3.8, 4) is 5.75 Å². The largest absolute Gasteiger partial charge is 0.483 e. The molecule has 8 heteroatoms. The van der Waals surface area contributed by atoms with Crippen molar-refractivity contribution in [2.75, 3.05) is 32.8 Å². The smallest absolute Gasteiger partial charge is 0.260 e. The third-order valence-corrected chi connectivity index (χ3v) is 6.90. The molecule has 0 spiro atoms. The number of hydrogen-bond acceptors (Lipinski definition) is 4. The summed E-state index contributed by atoms with van der Waals surface area (Å²) in [6.07, 6.45) is 0. The minimum atomic E-state index is -3.70. The first-order valence-corrected chi connectivity index (χ1v) is 10.9. The van der Waals surface area contributed by atoms with Crippen LogP contribution in [0.25, 0.3) is 0 Å². The van der Waals surface area contributed by atoms with E-state index in [0.29, 0.717) is 5.75 Å². The van der Waals surface area contributed by atoms with Gasteiger partial charge in [-0.1, -0.05) is 17.7 Å². The van der Waals surface area contributed by atoms with Crippen molar-refractivity contribution < 1.29 is 22.3 Å². The van der Waals surface area contributed by atoms with Gasteiger partial charge < -0.3 is 9.64 Å². The van der Waals surface area contributed by atoms with E-state index in [0.717, 1.165) is 28.8 Å². The van der Waals surface area contributed by atoms with Crippen molar-refractivity contribution >= 4 is 15.9 Å². The number of halogens is 1. The van der Waals surface area contributed by atoms with Crippen LogP contribution in [0.3, 0.4) is 0 Å². The molecule has 1 aliphatic rings. The Morgan fingerprint density at radius 2 is 1.55 bits per heavy atom. The highest BCUT2D eigenvalue weighted by molar-refractivity contribution is 7.89. The molecule has 1 aliphatic heterocycles. The maximum atomic E-state index is 13.1. The molecule has 6 nitrogen and oxygen atoms in total. The number of rotatable bonds is 5. The lowest BCUT2D eigenvalue weighted by atomic mass is 10.1. The molecule has 0 bridgehead atoms. The van der Waals surface area contributed by atoms with Crippen molar-refractivity contribution in [1.29, 1.82) is 0 Å². The van der Waals surface area contributed by atoms with Crippen LogP contribution in [-0.4, -0.2) is 56.3 Å². The number of piperazine rings is 1. The number of ether oxygens (including phenoxy) is 1. The molecule has 0 unspecified atom stereocenters. The van der Waals surface area contributed by atoms with Crippen LogP contribution < -0.4 is 4.74 Å². The van der Waals surface area contributed by atoms with Crippen molar-refractivity contribution in [1.82, 2.24) is 9.21 Å². The molecule has 1 fully saturated rings. The summed E-state index contributed by atoms with van der Waals surface area (Å²) in [4.78, 5) is 14.2. The summed E-state index contributed by atoms with van der Waals surface area (Å²) in [6, 6.07) is 8.76. The molecule has 156 valence electrons. The lowest BCUT2D eigenvalue weighted by Gasteiger charge is -2.34. The number of amides is 1. The number of sulfonamides is 1. The minimum absolute atomic E-state index is 0.0485. The molecule has 1 heterocycles. The zero-order valence-electron chi connectivity index (χ0n) is 16.8. The summed E-state index contributed by atoms with van der Waals surface area (Å²) in [5.41, 5.74) is 3.09. The van der Waals surface area contributed by atoms with E-state index >= 15 is 0 Å². The standard InChI is InChI=1S/C21H25FN2O4S/c1-15-12-16(2)21(17(3)13-15)28-14-20(25)23-8-10-24(11-9-23)29(26,27)19-6-4-18(22)5-7-19/h4-7,12-13H,8-11,14H2,1-3H3. The van der Waals surface area contributed by atoms with Gasteiger partial charge in [0, 0.05) is 26.2 Å². The molecule has 0 saturated carbocycles. The number of carbonyl (C=O) groups excluding carboxylic acids is 1. The van der Waals surface area contributed by atoms with Crippen molar-refractivity contribution in [2.24, 2.45) is 0 Å². The van der Waals surface area contributed by atoms with E-state index in [-0.39, 0.29) is 43.6 Å². The van der Waals surface area contributed by atoms with Crippen LogP contribution in [0, 0.1) is 26.6 Å². The first-order valence-electron chi connectivity index (χ1n) is 9.42. The second kappa shape index (κ2) is 8.51. The van der Waals surface area contributed by atoms with Crippen LogP contribution in [0.15, 0.2) is 41.3 Å². The second-order valence-electron chi connectivity index (χ2n) is 7.26. The van der Waals surface area contributed by atoms with E-state index in [4.69, 9.17) is 4.74 Å². The molecule has 0 aromatic heterocycles. The molecule has 1 amide bonds. The molecule has 0 atom stereocenters. The van der Waals surface area contributed by atoms with Crippen LogP contribution in [0.2, 0.25) is 0 Å². The maximum Gasteiger partial charge on any atom is 0.260 e. The Balaban J connectivity index is 1.58. The summed E-state index contributed by atoms with van der Waals surface area (Å²) in [6.45, 7) is 6.76. The van der Waals surface area contributed by atoms with Gasteiger partial charge in [0.2, 0.25) is 10.0 Å². The van der Waals surface area contributed by atoms with Gasteiger partial charge in [0.25, 0.3) is 5.91 Å². The van der Waals surface area contributed by atoms with Crippen LogP contribution in [0.4, 0.5) is 4.39 Å². The summed E-state index contributed by atoms with van der Waals surface area (Å²) in [5.74, 6) is 0.0445. The number of aryl methyl sites for hydroxylation is 3. The average Bonchev–Trinajstić information content (AvgIpc) is 2.67. The van der Waals surface area contributed by atoms with E-state index < -0.39 is 15.8 Å². The van der Waals surface area contributed by atoms with Gasteiger partial charge in [-0.2, -0.15) is 4.31 Å². The highest BCUT2D eigenvalue weighted by Gasteiger charge is 2.30. The maximum absolute atomic E-state index is 13.1. The number of nitrogens with zero attached hydrogens (tertiary/aromatic N) is 2. The first kappa shape index (κ1) is 21.3. The summed E-state index contributed by atoms with van der Waals surface area (Å²) in [7, 11) is -3.70. The van der Waals surface area contributed by atoms with Gasteiger partial charge in [0.1, 0.15) is 11.6 Å². The molecular weight excluding hydrogens is 395 g/mol. The third kappa shape index (κ3) is 4.76. The molecule has 2 aromatic carbocycles. The molecule has 0 N–H and O–H groups in total. The van der Waals surface area contributed by atoms with Crippen molar-refractivity contribution in [2.45, 2.75) is 25.7 Å². The second-order valence-corrected chi connectivity index (χ2v) is 9.19. The molecule has 0 aliphatic carbocycles. The summed E-state index contributed by atoms with van der Waals surface area (Å²) in [5, 5.41) is 0. The molecule has 0 radical (unpaired) electrons. The average molecular weight is 421 g/mol. The van der Waals surface area contributed by atoms with Gasteiger partial charge in [-0.3, -0.25) is 4.79 Å².